The topological polar surface area (TPSA) is 32.3 Å². The van der Waals surface area contributed by atoms with Gasteiger partial charge in [-0.05, 0) is 38.3 Å². The van der Waals surface area contributed by atoms with Crippen LogP contribution < -0.4 is 5.32 Å². The van der Waals surface area contributed by atoms with Crippen LogP contribution in [0.1, 0.15) is 52.4 Å². The molecule has 0 radical (unpaired) electrons. The maximum absolute atomic E-state index is 11.9. The summed E-state index contributed by atoms with van der Waals surface area (Å²) in [5.74, 6) is 1.15. The highest BCUT2D eigenvalue weighted by atomic mass is 35.5. The van der Waals surface area contributed by atoms with Gasteiger partial charge in [0.15, 0.2) is 0 Å². The zero-order valence-electron chi connectivity index (χ0n) is 11.9. The van der Waals surface area contributed by atoms with E-state index in [2.05, 4.69) is 24.1 Å². The first-order valence-electron chi connectivity index (χ1n) is 7.26. The largest absolute Gasteiger partial charge is 0.343 e. The fraction of sp³-hybridized carbons (Fsp3) is 0.929. The highest BCUT2D eigenvalue weighted by molar-refractivity contribution is 5.85. The minimum Gasteiger partial charge on any atom is -0.343 e. The van der Waals surface area contributed by atoms with E-state index in [-0.39, 0.29) is 12.4 Å². The molecule has 1 rings (SSSR count). The van der Waals surface area contributed by atoms with Crippen LogP contribution in [0.4, 0.5) is 0 Å². The van der Waals surface area contributed by atoms with Crippen LogP contribution in [-0.2, 0) is 4.79 Å². The van der Waals surface area contributed by atoms with Gasteiger partial charge in [0, 0.05) is 19.5 Å². The first kappa shape index (κ1) is 17.7. The number of unbranched alkanes of at least 4 members (excludes halogenated alkanes) is 2. The molecule has 0 aliphatic carbocycles. The summed E-state index contributed by atoms with van der Waals surface area (Å²) in [6.07, 6.45) is 6.54. The number of hydrogen-bond donors (Lipinski definition) is 1. The molecule has 1 N–H and O–H groups in total. The Balaban J connectivity index is 0.00000289. The Morgan fingerprint density at radius 1 is 1.22 bits per heavy atom. The van der Waals surface area contributed by atoms with Crippen molar-refractivity contribution in [1.29, 1.82) is 0 Å². The van der Waals surface area contributed by atoms with E-state index < -0.39 is 0 Å². The van der Waals surface area contributed by atoms with Gasteiger partial charge >= 0.3 is 0 Å². The van der Waals surface area contributed by atoms with Crippen LogP contribution in [0.2, 0.25) is 0 Å². The number of halogens is 1. The molecule has 4 heteroatoms. The number of piperidine rings is 1. The van der Waals surface area contributed by atoms with E-state index in [0.717, 1.165) is 44.9 Å². The van der Waals surface area contributed by atoms with Gasteiger partial charge < -0.3 is 10.2 Å². The molecule has 3 nitrogen and oxygen atoms in total. The van der Waals surface area contributed by atoms with Crippen LogP contribution in [-0.4, -0.2) is 37.0 Å². The molecular weight excluding hydrogens is 248 g/mol. The number of carbonyl (C=O) groups excluding carboxylic acids is 1. The Morgan fingerprint density at radius 3 is 2.44 bits per heavy atom. The van der Waals surface area contributed by atoms with Crippen molar-refractivity contribution in [3.05, 3.63) is 0 Å². The van der Waals surface area contributed by atoms with Gasteiger partial charge in [0.2, 0.25) is 5.91 Å². The van der Waals surface area contributed by atoms with Gasteiger partial charge in [0.05, 0.1) is 0 Å². The maximum Gasteiger partial charge on any atom is 0.222 e. The van der Waals surface area contributed by atoms with Gasteiger partial charge in [0.25, 0.3) is 0 Å². The molecule has 18 heavy (non-hydrogen) atoms. The number of nitrogens with one attached hydrogen (secondary N) is 1. The number of carbonyl (C=O) groups is 1. The second kappa shape index (κ2) is 10.6. The van der Waals surface area contributed by atoms with Gasteiger partial charge in [-0.25, -0.2) is 0 Å². The molecule has 1 saturated heterocycles. The fourth-order valence-electron chi connectivity index (χ4n) is 2.42. The molecule has 0 aromatic carbocycles. The van der Waals surface area contributed by atoms with Crippen molar-refractivity contribution < 1.29 is 4.79 Å². The molecule has 1 fully saturated rings. The SMILES string of the molecule is CCCCCC(=O)N1CCC(CNCC)CC1.Cl. The van der Waals surface area contributed by atoms with Crippen LogP contribution in [0.15, 0.2) is 0 Å². The minimum absolute atomic E-state index is 0. The molecule has 0 atom stereocenters. The number of likely N-dealkylation sites (tertiary alicyclic amines) is 1. The van der Waals surface area contributed by atoms with E-state index in [9.17, 15) is 4.79 Å². The number of amides is 1. The molecule has 0 aromatic rings. The zero-order valence-corrected chi connectivity index (χ0v) is 12.7. The van der Waals surface area contributed by atoms with Crippen molar-refractivity contribution in [2.75, 3.05) is 26.2 Å². The van der Waals surface area contributed by atoms with Gasteiger partial charge in [0.1, 0.15) is 0 Å². The van der Waals surface area contributed by atoms with E-state index in [4.69, 9.17) is 0 Å². The van der Waals surface area contributed by atoms with Crippen molar-refractivity contribution in [1.82, 2.24) is 10.2 Å². The molecule has 1 aliphatic heterocycles. The summed E-state index contributed by atoms with van der Waals surface area (Å²) >= 11 is 0. The van der Waals surface area contributed by atoms with Crippen molar-refractivity contribution in [3.63, 3.8) is 0 Å². The fourth-order valence-corrected chi connectivity index (χ4v) is 2.42. The number of hydrogen-bond acceptors (Lipinski definition) is 2. The van der Waals surface area contributed by atoms with E-state index in [0.29, 0.717) is 5.91 Å². The number of rotatable bonds is 7. The summed E-state index contributed by atoms with van der Waals surface area (Å²) in [4.78, 5) is 14.0. The lowest BCUT2D eigenvalue weighted by molar-refractivity contribution is -0.132. The van der Waals surface area contributed by atoms with E-state index >= 15 is 0 Å². The van der Waals surface area contributed by atoms with Crippen LogP contribution in [0.5, 0.6) is 0 Å². The Hall–Kier alpha value is -0.280. The highest BCUT2D eigenvalue weighted by Gasteiger charge is 2.21. The predicted octanol–water partition coefficient (Wildman–Crippen LogP) is 2.84. The first-order chi connectivity index (χ1) is 8.27. The Labute approximate surface area is 118 Å². The van der Waals surface area contributed by atoms with Crippen LogP contribution in [0.25, 0.3) is 0 Å². The lowest BCUT2D eigenvalue weighted by Gasteiger charge is -2.32. The summed E-state index contributed by atoms with van der Waals surface area (Å²) in [6, 6.07) is 0. The quantitative estimate of drug-likeness (QED) is 0.725. The Kier molecular flexibility index (Phi) is 10.5. The molecule has 0 bridgehead atoms. The summed E-state index contributed by atoms with van der Waals surface area (Å²) < 4.78 is 0. The normalized spacial score (nSPS) is 16.4. The summed E-state index contributed by atoms with van der Waals surface area (Å²) in [5.41, 5.74) is 0. The Bertz CT molecular complexity index is 216. The summed E-state index contributed by atoms with van der Waals surface area (Å²) in [5, 5.41) is 3.40. The lowest BCUT2D eigenvalue weighted by atomic mass is 9.96. The maximum atomic E-state index is 11.9. The molecule has 0 saturated carbocycles. The summed E-state index contributed by atoms with van der Waals surface area (Å²) in [6.45, 7) is 8.44. The minimum atomic E-state index is 0. The van der Waals surface area contributed by atoms with E-state index in [1.807, 2.05) is 0 Å². The third-order valence-corrected chi connectivity index (χ3v) is 3.64. The predicted molar refractivity (Wildman–Crippen MR) is 79.2 cm³/mol. The van der Waals surface area contributed by atoms with E-state index in [1.54, 1.807) is 0 Å². The summed E-state index contributed by atoms with van der Waals surface area (Å²) in [7, 11) is 0. The van der Waals surface area contributed by atoms with Gasteiger partial charge in [-0.1, -0.05) is 26.7 Å². The van der Waals surface area contributed by atoms with Crippen molar-refractivity contribution >= 4 is 18.3 Å². The Morgan fingerprint density at radius 2 is 1.89 bits per heavy atom. The van der Waals surface area contributed by atoms with Crippen LogP contribution >= 0.6 is 12.4 Å². The standard InChI is InChI=1S/C14H28N2O.ClH/c1-3-5-6-7-14(17)16-10-8-13(9-11-16)12-15-4-2;/h13,15H,3-12H2,1-2H3;1H. The third-order valence-electron chi connectivity index (χ3n) is 3.64. The molecule has 108 valence electrons. The molecule has 0 unspecified atom stereocenters. The zero-order chi connectivity index (χ0) is 12.5. The third kappa shape index (κ3) is 6.60. The van der Waals surface area contributed by atoms with Crippen LogP contribution in [0, 0.1) is 5.92 Å². The van der Waals surface area contributed by atoms with Gasteiger partial charge in [-0.3, -0.25) is 4.79 Å². The van der Waals surface area contributed by atoms with Gasteiger partial charge in [-0.2, -0.15) is 0 Å². The second-order valence-electron chi connectivity index (χ2n) is 5.09. The molecule has 1 aliphatic rings. The van der Waals surface area contributed by atoms with Crippen molar-refractivity contribution in [2.24, 2.45) is 5.92 Å². The first-order valence-corrected chi connectivity index (χ1v) is 7.26. The average molecular weight is 277 g/mol. The molecule has 1 amide bonds. The van der Waals surface area contributed by atoms with Crippen LogP contribution in [0.3, 0.4) is 0 Å². The average Bonchev–Trinajstić information content (AvgIpc) is 2.37. The lowest BCUT2D eigenvalue weighted by Crippen LogP contribution is -2.40. The molecular formula is C14H29ClN2O. The van der Waals surface area contributed by atoms with Gasteiger partial charge in [-0.15, -0.1) is 12.4 Å². The molecule has 0 spiro atoms. The molecule has 0 aromatic heterocycles. The smallest absolute Gasteiger partial charge is 0.222 e. The second-order valence-corrected chi connectivity index (χ2v) is 5.09. The molecule has 1 heterocycles. The monoisotopic (exact) mass is 276 g/mol. The van der Waals surface area contributed by atoms with E-state index in [1.165, 1.54) is 25.7 Å². The number of nitrogens with zero attached hydrogens (tertiary/aromatic N) is 1. The van der Waals surface area contributed by atoms with Crippen molar-refractivity contribution in [3.8, 4) is 0 Å². The highest BCUT2D eigenvalue weighted by Crippen LogP contribution is 2.17. The van der Waals surface area contributed by atoms with Crippen molar-refractivity contribution in [2.45, 2.75) is 52.4 Å².